The zero-order valence-corrected chi connectivity index (χ0v) is 13.2. The number of thiophene rings is 1. The fourth-order valence-electron chi connectivity index (χ4n) is 2.44. The summed E-state index contributed by atoms with van der Waals surface area (Å²) in [7, 11) is 0. The van der Waals surface area contributed by atoms with Gasteiger partial charge in [0.2, 0.25) is 0 Å². The van der Waals surface area contributed by atoms with Crippen LogP contribution in [0.15, 0.2) is 46.8 Å². The van der Waals surface area contributed by atoms with Crippen molar-refractivity contribution >= 4 is 33.3 Å². The predicted molar refractivity (Wildman–Crippen MR) is 92.1 cm³/mol. The van der Waals surface area contributed by atoms with Crippen LogP contribution in [0.4, 0.5) is 4.39 Å². The first-order chi connectivity index (χ1) is 11.0. The van der Waals surface area contributed by atoms with Gasteiger partial charge in [0.25, 0.3) is 5.91 Å². The minimum Gasteiger partial charge on any atom is -0.370 e. The Bertz CT molecular complexity index is 942. The molecule has 0 spiro atoms. The molecule has 3 aromatic rings. The first-order valence-corrected chi connectivity index (χ1v) is 7.75. The fourth-order valence-corrected chi connectivity index (χ4v) is 3.38. The molecule has 116 valence electrons. The lowest BCUT2D eigenvalue weighted by atomic mass is 9.99. The van der Waals surface area contributed by atoms with Crippen LogP contribution >= 0.6 is 11.3 Å². The normalized spacial score (nSPS) is 10.7. The van der Waals surface area contributed by atoms with Crippen LogP contribution in [0.5, 0.6) is 0 Å². The van der Waals surface area contributed by atoms with Crippen LogP contribution in [0.1, 0.15) is 15.9 Å². The lowest BCUT2D eigenvalue weighted by Gasteiger charge is -2.06. The second-order valence-corrected chi connectivity index (χ2v) is 6.07. The molecular weight excluding hydrogens is 313 g/mol. The van der Waals surface area contributed by atoms with Gasteiger partial charge in [-0.15, -0.1) is 11.3 Å². The third-order valence-electron chi connectivity index (χ3n) is 3.54. The third kappa shape index (κ3) is 2.93. The molecule has 4 N–H and O–H groups in total. The van der Waals surface area contributed by atoms with Gasteiger partial charge in [0, 0.05) is 21.2 Å². The van der Waals surface area contributed by atoms with Crippen molar-refractivity contribution < 1.29 is 9.18 Å². The van der Waals surface area contributed by atoms with Gasteiger partial charge in [-0.25, -0.2) is 4.39 Å². The van der Waals surface area contributed by atoms with Crippen LogP contribution in [-0.4, -0.2) is 11.9 Å². The van der Waals surface area contributed by atoms with Crippen LogP contribution in [0.25, 0.3) is 21.2 Å². The monoisotopic (exact) mass is 327 g/mol. The molecule has 4 nitrogen and oxygen atoms in total. The molecular formula is C17H14FN3OS. The van der Waals surface area contributed by atoms with E-state index in [1.807, 2.05) is 18.4 Å². The number of nitrogens with zero attached hydrogens (tertiary/aromatic N) is 1. The van der Waals surface area contributed by atoms with Crippen molar-refractivity contribution in [1.29, 1.82) is 0 Å². The van der Waals surface area contributed by atoms with E-state index in [1.54, 1.807) is 18.2 Å². The molecule has 0 fully saturated rings. The number of fused-ring (bicyclic) bond motifs is 1. The van der Waals surface area contributed by atoms with Crippen molar-refractivity contribution in [3.63, 3.8) is 0 Å². The van der Waals surface area contributed by atoms with Crippen LogP contribution in [0.2, 0.25) is 0 Å². The molecule has 0 aliphatic carbocycles. The highest BCUT2D eigenvalue weighted by Gasteiger charge is 2.13. The van der Waals surface area contributed by atoms with Crippen LogP contribution < -0.4 is 11.5 Å². The number of guanidine groups is 1. The predicted octanol–water partition coefficient (Wildman–Crippen LogP) is 3.43. The van der Waals surface area contributed by atoms with Crippen molar-refractivity contribution in [3.8, 4) is 11.1 Å². The number of aliphatic imine (C=N–C) groups is 1. The summed E-state index contributed by atoms with van der Waals surface area (Å²) in [5.74, 6) is -1.07. The molecule has 0 aliphatic heterocycles. The van der Waals surface area contributed by atoms with Crippen LogP contribution in [0.3, 0.4) is 0 Å². The molecule has 0 unspecified atom stereocenters. The van der Waals surface area contributed by atoms with E-state index in [1.165, 1.54) is 23.5 Å². The zero-order valence-electron chi connectivity index (χ0n) is 12.3. The summed E-state index contributed by atoms with van der Waals surface area (Å²) >= 11 is 1.54. The number of carbonyl (C=O) groups is 1. The first-order valence-electron chi connectivity index (χ1n) is 6.87. The number of aryl methyl sites for hydroxylation is 1. The standard InChI is InChI=1S/C17H14FN3OS/c1-9-2-4-11(18)7-12(9)14-8-23-15-5-3-10(6-13(14)15)16(22)21-17(19)20/h2-8H,1H3,(H4,19,20,21,22). The lowest BCUT2D eigenvalue weighted by Crippen LogP contribution is -2.24. The summed E-state index contributed by atoms with van der Waals surface area (Å²) in [5.41, 5.74) is 13.5. The number of benzene rings is 2. The Morgan fingerprint density at radius 2 is 1.91 bits per heavy atom. The Labute approximate surface area is 136 Å². The van der Waals surface area contributed by atoms with Gasteiger partial charge >= 0.3 is 0 Å². The average Bonchev–Trinajstić information content (AvgIpc) is 2.92. The fraction of sp³-hybridized carbons (Fsp3) is 0.0588. The summed E-state index contributed by atoms with van der Waals surface area (Å²) in [6.07, 6.45) is 0. The summed E-state index contributed by atoms with van der Waals surface area (Å²) in [6, 6.07) is 9.93. The SMILES string of the molecule is Cc1ccc(F)cc1-c1csc2ccc(C(=O)N=C(N)N)cc12. The number of hydrogen-bond donors (Lipinski definition) is 2. The smallest absolute Gasteiger partial charge is 0.280 e. The molecule has 0 saturated carbocycles. The highest BCUT2D eigenvalue weighted by atomic mass is 32.1. The van der Waals surface area contributed by atoms with Gasteiger partial charge in [-0.2, -0.15) is 4.99 Å². The second kappa shape index (κ2) is 5.81. The molecule has 6 heteroatoms. The summed E-state index contributed by atoms with van der Waals surface area (Å²) < 4.78 is 14.6. The van der Waals surface area contributed by atoms with E-state index >= 15 is 0 Å². The van der Waals surface area contributed by atoms with Crippen LogP contribution in [0, 0.1) is 12.7 Å². The summed E-state index contributed by atoms with van der Waals surface area (Å²) in [4.78, 5) is 15.5. The van der Waals surface area contributed by atoms with Gasteiger partial charge < -0.3 is 11.5 Å². The number of carbonyl (C=O) groups excluding carboxylic acids is 1. The summed E-state index contributed by atoms with van der Waals surface area (Å²) in [6.45, 7) is 1.92. The first kappa shape index (κ1) is 15.2. The van der Waals surface area contributed by atoms with Crippen molar-refractivity contribution in [1.82, 2.24) is 0 Å². The average molecular weight is 327 g/mol. The van der Waals surface area contributed by atoms with Gasteiger partial charge in [-0.1, -0.05) is 6.07 Å². The van der Waals surface area contributed by atoms with E-state index < -0.39 is 5.91 Å². The van der Waals surface area contributed by atoms with E-state index in [0.29, 0.717) is 5.56 Å². The van der Waals surface area contributed by atoms with E-state index in [2.05, 4.69) is 4.99 Å². The molecule has 1 heterocycles. The zero-order chi connectivity index (χ0) is 16.6. The van der Waals surface area contributed by atoms with Crippen molar-refractivity contribution in [2.45, 2.75) is 6.92 Å². The van der Waals surface area contributed by atoms with Gasteiger partial charge in [-0.05, 0) is 53.8 Å². The van der Waals surface area contributed by atoms with E-state index in [9.17, 15) is 9.18 Å². The Balaban J connectivity index is 2.18. The minimum absolute atomic E-state index is 0.276. The number of hydrogen-bond acceptors (Lipinski definition) is 2. The molecule has 0 radical (unpaired) electrons. The molecule has 23 heavy (non-hydrogen) atoms. The number of rotatable bonds is 2. The van der Waals surface area contributed by atoms with E-state index in [4.69, 9.17) is 11.5 Å². The van der Waals surface area contributed by atoms with Gasteiger partial charge in [0.1, 0.15) is 5.82 Å². The quantitative estimate of drug-likeness (QED) is 0.559. The van der Waals surface area contributed by atoms with Gasteiger partial charge in [-0.3, -0.25) is 4.79 Å². The molecule has 3 rings (SSSR count). The highest BCUT2D eigenvalue weighted by Crippen LogP contribution is 2.36. The Morgan fingerprint density at radius 1 is 1.13 bits per heavy atom. The highest BCUT2D eigenvalue weighted by molar-refractivity contribution is 7.17. The van der Waals surface area contributed by atoms with Crippen molar-refractivity contribution in [3.05, 3.63) is 58.7 Å². The van der Waals surface area contributed by atoms with Gasteiger partial charge in [0.15, 0.2) is 5.96 Å². The number of nitrogens with two attached hydrogens (primary N) is 2. The maximum atomic E-state index is 13.6. The number of amides is 1. The topological polar surface area (TPSA) is 81.5 Å². The van der Waals surface area contributed by atoms with Gasteiger partial charge in [0.05, 0.1) is 0 Å². The Kier molecular flexibility index (Phi) is 3.83. The largest absolute Gasteiger partial charge is 0.370 e. The molecule has 0 saturated heterocycles. The Hall–Kier alpha value is -2.73. The maximum absolute atomic E-state index is 13.6. The molecule has 1 aromatic heterocycles. The summed E-state index contributed by atoms with van der Waals surface area (Å²) in [5, 5.41) is 2.83. The number of halogens is 1. The van der Waals surface area contributed by atoms with Crippen molar-refractivity contribution in [2.75, 3.05) is 0 Å². The van der Waals surface area contributed by atoms with E-state index in [0.717, 1.165) is 26.8 Å². The minimum atomic E-state index is -0.500. The molecule has 0 bridgehead atoms. The molecule has 0 aliphatic rings. The molecule has 2 aromatic carbocycles. The molecule has 0 atom stereocenters. The van der Waals surface area contributed by atoms with Crippen LogP contribution in [-0.2, 0) is 0 Å². The lowest BCUT2D eigenvalue weighted by molar-refractivity contribution is 0.100. The third-order valence-corrected chi connectivity index (χ3v) is 4.50. The second-order valence-electron chi connectivity index (χ2n) is 5.16. The van der Waals surface area contributed by atoms with Crippen molar-refractivity contribution in [2.24, 2.45) is 16.5 Å². The Morgan fingerprint density at radius 3 is 2.65 bits per heavy atom. The maximum Gasteiger partial charge on any atom is 0.280 e. The van der Waals surface area contributed by atoms with E-state index in [-0.39, 0.29) is 11.8 Å². The molecule has 1 amide bonds.